The quantitative estimate of drug-likeness (QED) is 0.808. The van der Waals surface area contributed by atoms with Crippen LogP contribution in [0.1, 0.15) is 43.7 Å². The molecule has 2 aliphatic heterocycles. The lowest BCUT2D eigenvalue weighted by atomic mass is 9.93. The summed E-state index contributed by atoms with van der Waals surface area (Å²) in [6.07, 6.45) is 5.09. The molecule has 0 aromatic carbocycles. The van der Waals surface area contributed by atoms with Crippen LogP contribution in [-0.4, -0.2) is 66.8 Å². The van der Waals surface area contributed by atoms with Crippen LogP contribution in [0.4, 0.5) is 16.6 Å². The van der Waals surface area contributed by atoms with Gasteiger partial charge >= 0.3 is 6.09 Å². The molecule has 27 heavy (non-hydrogen) atoms. The van der Waals surface area contributed by atoms with Crippen LogP contribution in [0.25, 0.3) is 0 Å². The van der Waals surface area contributed by atoms with Gasteiger partial charge < -0.3 is 25.6 Å². The van der Waals surface area contributed by atoms with Gasteiger partial charge in [0.05, 0.1) is 12.3 Å². The van der Waals surface area contributed by atoms with E-state index in [0.717, 1.165) is 43.9 Å². The second-order valence-electron chi connectivity index (χ2n) is 8.01. The molecule has 0 radical (unpaired) electrons. The zero-order chi connectivity index (χ0) is 18.8. The molecule has 0 bridgehead atoms. The molecule has 1 atom stereocenters. The molecule has 1 aromatic rings. The molecule has 3 fully saturated rings. The highest BCUT2D eigenvalue weighted by atomic mass is 16.6. The van der Waals surface area contributed by atoms with Crippen molar-refractivity contribution < 1.29 is 9.53 Å². The highest BCUT2D eigenvalue weighted by Gasteiger charge is 2.29. The average molecular weight is 374 g/mol. The minimum atomic E-state index is -0.168. The lowest BCUT2D eigenvalue weighted by molar-refractivity contribution is 0.0888. The molecule has 3 N–H and O–H groups in total. The Bertz CT molecular complexity index is 672. The Morgan fingerprint density at radius 3 is 2.67 bits per heavy atom. The van der Waals surface area contributed by atoms with E-state index in [1.54, 1.807) is 0 Å². The third-order valence-electron chi connectivity index (χ3n) is 5.98. The lowest BCUT2D eigenvalue weighted by Gasteiger charge is -2.31. The number of hydrogen-bond acceptors (Lipinski definition) is 7. The predicted molar refractivity (Wildman–Crippen MR) is 104 cm³/mol. The number of rotatable bonds is 5. The SMILES string of the molecule is CN[C@@H]1CCN(c2cc(C3CCN(C(=O)OCC4CC4)CC3)nc(N)n2)C1. The maximum Gasteiger partial charge on any atom is 0.409 e. The summed E-state index contributed by atoms with van der Waals surface area (Å²) in [6.45, 7) is 3.91. The van der Waals surface area contributed by atoms with E-state index < -0.39 is 0 Å². The van der Waals surface area contributed by atoms with Crippen molar-refractivity contribution in [3.05, 3.63) is 11.8 Å². The van der Waals surface area contributed by atoms with Crippen LogP contribution in [0.2, 0.25) is 0 Å². The zero-order valence-electron chi connectivity index (χ0n) is 16.1. The summed E-state index contributed by atoms with van der Waals surface area (Å²) in [5.74, 6) is 2.16. The number of aromatic nitrogens is 2. The van der Waals surface area contributed by atoms with E-state index in [0.29, 0.717) is 43.5 Å². The van der Waals surface area contributed by atoms with Crippen molar-refractivity contribution >= 4 is 17.9 Å². The third-order valence-corrected chi connectivity index (χ3v) is 5.98. The Hall–Kier alpha value is -2.09. The normalized spacial score (nSPS) is 23.7. The van der Waals surface area contributed by atoms with Crippen molar-refractivity contribution in [2.45, 2.75) is 44.1 Å². The molecule has 2 saturated heterocycles. The van der Waals surface area contributed by atoms with E-state index in [-0.39, 0.29) is 6.09 Å². The van der Waals surface area contributed by atoms with Crippen molar-refractivity contribution in [3.8, 4) is 0 Å². The molecular formula is C19H30N6O2. The first-order chi connectivity index (χ1) is 13.1. The largest absolute Gasteiger partial charge is 0.449 e. The third kappa shape index (κ3) is 4.43. The number of hydrogen-bond donors (Lipinski definition) is 2. The number of anilines is 2. The number of likely N-dealkylation sites (N-methyl/N-ethyl adjacent to an activating group) is 1. The molecule has 1 aromatic heterocycles. The van der Waals surface area contributed by atoms with Crippen LogP contribution in [0.5, 0.6) is 0 Å². The summed E-state index contributed by atoms with van der Waals surface area (Å²) in [5, 5.41) is 3.33. The first-order valence-corrected chi connectivity index (χ1v) is 10.1. The molecule has 1 amide bonds. The van der Waals surface area contributed by atoms with Gasteiger partial charge in [0.15, 0.2) is 0 Å². The van der Waals surface area contributed by atoms with Gasteiger partial charge in [0.1, 0.15) is 5.82 Å². The highest BCUT2D eigenvalue weighted by molar-refractivity contribution is 5.67. The minimum absolute atomic E-state index is 0.168. The van der Waals surface area contributed by atoms with Gasteiger partial charge in [0.25, 0.3) is 0 Å². The Labute approximate surface area is 160 Å². The molecule has 8 heteroatoms. The van der Waals surface area contributed by atoms with Crippen molar-refractivity contribution in [3.63, 3.8) is 0 Å². The summed E-state index contributed by atoms with van der Waals surface area (Å²) >= 11 is 0. The first-order valence-electron chi connectivity index (χ1n) is 10.1. The van der Waals surface area contributed by atoms with Gasteiger partial charge in [-0.15, -0.1) is 0 Å². The smallest absolute Gasteiger partial charge is 0.409 e. The highest BCUT2D eigenvalue weighted by Crippen LogP contribution is 2.31. The average Bonchev–Trinajstić information content (AvgIpc) is 3.40. The van der Waals surface area contributed by atoms with Gasteiger partial charge in [0, 0.05) is 44.2 Å². The summed E-state index contributed by atoms with van der Waals surface area (Å²) in [6, 6.07) is 2.58. The first kappa shape index (κ1) is 18.3. The molecular weight excluding hydrogens is 344 g/mol. The van der Waals surface area contributed by atoms with Gasteiger partial charge in [0.2, 0.25) is 5.95 Å². The molecule has 3 heterocycles. The van der Waals surface area contributed by atoms with Crippen molar-refractivity contribution in [1.29, 1.82) is 0 Å². The van der Waals surface area contributed by atoms with Crippen LogP contribution >= 0.6 is 0 Å². The lowest BCUT2D eigenvalue weighted by Crippen LogP contribution is -2.38. The number of carbonyl (C=O) groups excluding carboxylic acids is 1. The number of piperidine rings is 1. The predicted octanol–water partition coefficient (Wildman–Crippen LogP) is 1.58. The van der Waals surface area contributed by atoms with E-state index in [9.17, 15) is 4.79 Å². The van der Waals surface area contributed by atoms with E-state index >= 15 is 0 Å². The topological polar surface area (TPSA) is 96.6 Å². The van der Waals surface area contributed by atoms with Crippen LogP contribution < -0.4 is 16.0 Å². The summed E-state index contributed by atoms with van der Waals surface area (Å²) in [4.78, 5) is 25.2. The second-order valence-corrected chi connectivity index (χ2v) is 8.01. The number of amides is 1. The number of nitrogens with two attached hydrogens (primary N) is 1. The van der Waals surface area contributed by atoms with Gasteiger partial charge in [-0.1, -0.05) is 0 Å². The van der Waals surface area contributed by atoms with Crippen molar-refractivity contribution in [2.75, 3.05) is 50.5 Å². The Morgan fingerprint density at radius 2 is 2.00 bits per heavy atom. The standard InChI is InChI=1S/C19H30N6O2/c1-21-15-6-9-25(11-15)17-10-16(22-18(20)23-17)14-4-7-24(8-5-14)19(26)27-12-13-2-3-13/h10,13-15,21H,2-9,11-12H2,1H3,(H2,20,22,23)/t15-/m1/s1. The maximum atomic E-state index is 12.2. The molecule has 4 rings (SSSR count). The molecule has 8 nitrogen and oxygen atoms in total. The zero-order valence-corrected chi connectivity index (χ0v) is 16.1. The fourth-order valence-corrected chi connectivity index (χ4v) is 3.97. The van der Waals surface area contributed by atoms with Crippen LogP contribution in [0.15, 0.2) is 6.07 Å². The molecule has 1 saturated carbocycles. The minimum Gasteiger partial charge on any atom is -0.449 e. The van der Waals surface area contributed by atoms with Gasteiger partial charge in [-0.2, -0.15) is 4.98 Å². The van der Waals surface area contributed by atoms with Crippen LogP contribution in [0.3, 0.4) is 0 Å². The number of likely N-dealkylation sites (tertiary alicyclic amines) is 1. The van der Waals surface area contributed by atoms with E-state index in [1.807, 2.05) is 11.9 Å². The molecule has 1 aliphatic carbocycles. The van der Waals surface area contributed by atoms with Crippen LogP contribution in [-0.2, 0) is 4.74 Å². The summed E-state index contributed by atoms with van der Waals surface area (Å²) in [7, 11) is 2.00. The number of nitrogens with one attached hydrogen (secondary N) is 1. The molecule has 148 valence electrons. The summed E-state index contributed by atoms with van der Waals surface area (Å²) in [5.41, 5.74) is 7.00. The van der Waals surface area contributed by atoms with E-state index in [1.165, 1.54) is 12.8 Å². The number of ether oxygens (including phenoxy) is 1. The van der Waals surface area contributed by atoms with E-state index in [2.05, 4.69) is 26.3 Å². The Kier molecular flexibility index (Phi) is 5.33. The maximum absolute atomic E-state index is 12.2. The fourth-order valence-electron chi connectivity index (χ4n) is 3.97. The van der Waals surface area contributed by atoms with Crippen molar-refractivity contribution in [2.24, 2.45) is 5.92 Å². The Morgan fingerprint density at radius 1 is 1.22 bits per heavy atom. The molecule has 0 spiro atoms. The summed E-state index contributed by atoms with van der Waals surface area (Å²) < 4.78 is 5.40. The monoisotopic (exact) mass is 374 g/mol. The molecule has 3 aliphatic rings. The Balaban J connectivity index is 1.35. The van der Waals surface area contributed by atoms with Crippen molar-refractivity contribution in [1.82, 2.24) is 20.2 Å². The van der Waals surface area contributed by atoms with Gasteiger partial charge in [-0.05, 0) is 45.1 Å². The van der Waals surface area contributed by atoms with Gasteiger partial charge in [-0.25, -0.2) is 9.78 Å². The second kappa shape index (κ2) is 7.88. The fraction of sp³-hybridized carbons (Fsp3) is 0.737. The van der Waals surface area contributed by atoms with E-state index in [4.69, 9.17) is 10.5 Å². The van der Waals surface area contributed by atoms with Crippen LogP contribution in [0, 0.1) is 5.92 Å². The van der Waals surface area contributed by atoms with Gasteiger partial charge in [-0.3, -0.25) is 0 Å². The molecule has 0 unspecified atom stereocenters. The number of nitrogens with zero attached hydrogens (tertiary/aromatic N) is 4. The number of carbonyl (C=O) groups is 1. The number of nitrogen functional groups attached to an aromatic ring is 1.